The second-order valence-corrected chi connectivity index (χ2v) is 10.1. The highest BCUT2D eigenvalue weighted by Gasteiger charge is 2.23. The van der Waals surface area contributed by atoms with Crippen molar-refractivity contribution in [2.24, 2.45) is 5.41 Å². The average Bonchev–Trinajstić information content (AvgIpc) is 3.17. The fourth-order valence-corrected chi connectivity index (χ4v) is 4.08. The molecule has 0 fully saturated rings. The van der Waals surface area contributed by atoms with E-state index in [0.29, 0.717) is 11.4 Å². The molecule has 0 saturated heterocycles. The molecule has 2 amide bonds. The zero-order valence-electron chi connectivity index (χ0n) is 17.5. The van der Waals surface area contributed by atoms with Crippen molar-refractivity contribution < 1.29 is 22.4 Å². The minimum absolute atomic E-state index is 0.0652. The third kappa shape index (κ3) is 5.61. The molecule has 3 aromatic rings. The Hall–Kier alpha value is -3.39. The van der Waals surface area contributed by atoms with Crippen molar-refractivity contribution in [3.63, 3.8) is 0 Å². The number of anilines is 2. The summed E-state index contributed by atoms with van der Waals surface area (Å²) in [5.41, 5.74) is 0.829. The quantitative estimate of drug-likeness (QED) is 0.587. The lowest BCUT2D eigenvalue weighted by atomic mass is 9.95. The summed E-state index contributed by atoms with van der Waals surface area (Å²) in [5.74, 6) is -1.10. The van der Waals surface area contributed by atoms with Gasteiger partial charge >= 0.3 is 0 Å². The van der Waals surface area contributed by atoms with Gasteiger partial charge in [-0.15, -0.1) is 0 Å². The number of sulfone groups is 1. The molecule has 0 unspecified atom stereocenters. The van der Waals surface area contributed by atoms with E-state index in [0.717, 1.165) is 0 Å². The Morgan fingerprint density at radius 1 is 0.871 bits per heavy atom. The van der Waals surface area contributed by atoms with Crippen LogP contribution in [-0.2, 0) is 20.4 Å². The van der Waals surface area contributed by atoms with E-state index in [1.54, 1.807) is 42.5 Å². The minimum atomic E-state index is -3.62. The summed E-state index contributed by atoms with van der Waals surface area (Å²) >= 11 is 0. The maximum Gasteiger partial charge on any atom is 0.291 e. The van der Waals surface area contributed by atoms with Crippen molar-refractivity contribution in [1.29, 1.82) is 0 Å². The van der Waals surface area contributed by atoms with Crippen LogP contribution in [0.15, 0.2) is 76.2 Å². The highest BCUT2D eigenvalue weighted by molar-refractivity contribution is 7.90. The lowest BCUT2D eigenvalue weighted by Crippen LogP contribution is -2.27. The number of benzene rings is 2. The highest BCUT2D eigenvalue weighted by Crippen LogP contribution is 2.22. The number of hydrogen-bond acceptors (Lipinski definition) is 5. The van der Waals surface area contributed by atoms with Crippen LogP contribution in [0.4, 0.5) is 11.4 Å². The Bertz CT molecular complexity index is 1170. The van der Waals surface area contributed by atoms with Crippen LogP contribution in [0.2, 0.25) is 0 Å². The summed E-state index contributed by atoms with van der Waals surface area (Å²) < 4.78 is 30.5. The van der Waals surface area contributed by atoms with Gasteiger partial charge in [0.1, 0.15) is 0 Å². The molecule has 7 nitrogen and oxygen atoms in total. The molecule has 0 saturated carbocycles. The van der Waals surface area contributed by atoms with E-state index in [2.05, 4.69) is 10.6 Å². The summed E-state index contributed by atoms with van der Waals surface area (Å²) in [4.78, 5) is 24.9. The van der Waals surface area contributed by atoms with E-state index in [4.69, 9.17) is 4.42 Å². The van der Waals surface area contributed by atoms with Gasteiger partial charge in [0, 0.05) is 22.4 Å². The first-order chi connectivity index (χ1) is 14.6. The molecule has 2 N–H and O–H groups in total. The number of nitrogens with one attached hydrogen (secondary N) is 2. The van der Waals surface area contributed by atoms with Crippen molar-refractivity contribution >= 4 is 33.0 Å². The van der Waals surface area contributed by atoms with Crippen LogP contribution in [0.25, 0.3) is 0 Å². The molecule has 8 heteroatoms. The van der Waals surface area contributed by atoms with Gasteiger partial charge in [0.15, 0.2) is 15.6 Å². The van der Waals surface area contributed by atoms with E-state index < -0.39 is 21.2 Å². The van der Waals surface area contributed by atoms with E-state index in [1.807, 2.05) is 20.8 Å². The third-order valence-corrected chi connectivity index (χ3v) is 6.16. The average molecular weight is 441 g/mol. The molecular weight excluding hydrogens is 416 g/mol. The van der Waals surface area contributed by atoms with Crippen molar-refractivity contribution in [3.8, 4) is 0 Å². The molecule has 0 aliphatic carbocycles. The van der Waals surface area contributed by atoms with Gasteiger partial charge in [0.2, 0.25) is 5.91 Å². The molecule has 0 bridgehead atoms. The highest BCUT2D eigenvalue weighted by atomic mass is 32.2. The van der Waals surface area contributed by atoms with Crippen LogP contribution in [0, 0.1) is 5.41 Å². The molecule has 162 valence electrons. The van der Waals surface area contributed by atoms with Crippen LogP contribution >= 0.6 is 0 Å². The summed E-state index contributed by atoms with van der Waals surface area (Å²) in [5, 5.41) is 5.48. The Morgan fingerprint density at radius 3 is 2.03 bits per heavy atom. The molecule has 31 heavy (non-hydrogen) atoms. The first-order valence-corrected chi connectivity index (χ1v) is 11.3. The summed E-state index contributed by atoms with van der Waals surface area (Å²) in [7, 11) is -3.62. The lowest BCUT2D eigenvalue weighted by molar-refractivity contribution is -0.123. The minimum Gasteiger partial charge on any atom is -0.459 e. The normalized spacial score (nSPS) is 11.7. The molecule has 0 radical (unpaired) electrons. The van der Waals surface area contributed by atoms with E-state index in [1.165, 1.54) is 24.5 Å². The van der Waals surface area contributed by atoms with Crippen LogP contribution in [0.3, 0.4) is 0 Å². The van der Waals surface area contributed by atoms with Crippen LogP contribution < -0.4 is 10.6 Å². The standard InChI is InChI=1S/C23H24N2O5S/c1-23(2,3)22(27)25-18-11-9-17(10-12-18)24-21(26)20-16(13-14-30-20)15-31(28,29)19-7-5-4-6-8-19/h4-14H,15H2,1-3H3,(H,24,26)(H,25,27). The molecule has 1 aromatic heterocycles. The summed E-state index contributed by atoms with van der Waals surface area (Å²) in [6, 6.07) is 16.1. The van der Waals surface area contributed by atoms with Gasteiger partial charge in [0.25, 0.3) is 5.91 Å². The van der Waals surface area contributed by atoms with Gasteiger partial charge in [-0.1, -0.05) is 39.0 Å². The van der Waals surface area contributed by atoms with E-state index in [-0.39, 0.29) is 27.9 Å². The SMILES string of the molecule is CC(C)(C)C(=O)Nc1ccc(NC(=O)c2occc2CS(=O)(=O)c2ccccc2)cc1. The van der Waals surface area contributed by atoms with Crippen LogP contribution in [-0.4, -0.2) is 20.2 Å². The second-order valence-electron chi connectivity index (χ2n) is 8.08. The smallest absolute Gasteiger partial charge is 0.291 e. The first-order valence-electron chi connectivity index (χ1n) is 9.63. The van der Waals surface area contributed by atoms with Crippen molar-refractivity contribution in [2.75, 3.05) is 10.6 Å². The number of carbonyl (C=O) groups is 2. The second kappa shape index (κ2) is 8.77. The van der Waals surface area contributed by atoms with Gasteiger partial charge in [0.05, 0.1) is 16.9 Å². The number of furan rings is 1. The zero-order valence-corrected chi connectivity index (χ0v) is 18.3. The zero-order chi connectivity index (χ0) is 22.6. The predicted molar refractivity (Wildman–Crippen MR) is 119 cm³/mol. The maximum atomic E-state index is 12.6. The lowest BCUT2D eigenvalue weighted by Gasteiger charge is -2.17. The fourth-order valence-electron chi connectivity index (χ4n) is 2.71. The predicted octanol–water partition coefficient (Wildman–Crippen LogP) is 4.49. The Morgan fingerprint density at radius 2 is 1.45 bits per heavy atom. The van der Waals surface area contributed by atoms with Gasteiger partial charge in [-0.2, -0.15) is 0 Å². The van der Waals surface area contributed by atoms with Gasteiger partial charge in [-0.05, 0) is 42.5 Å². The topological polar surface area (TPSA) is 105 Å². The molecule has 0 aliphatic rings. The number of amides is 2. The maximum absolute atomic E-state index is 12.6. The van der Waals surface area contributed by atoms with Gasteiger partial charge in [-0.25, -0.2) is 8.42 Å². The van der Waals surface area contributed by atoms with Crippen molar-refractivity contribution in [2.45, 2.75) is 31.4 Å². The largest absolute Gasteiger partial charge is 0.459 e. The van der Waals surface area contributed by atoms with Gasteiger partial charge < -0.3 is 15.1 Å². The van der Waals surface area contributed by atoms with Gasteiger partial charge in [-0.3, -0.25) is 9.59 Å². The molecule has 0 atom stereocenters. The first kappa shape index (κ1) is 22.3. The molecule has 1 heterocycles. The Balaban J connectivity index is 1.70. The number of rotatable bonds is 6. The Labute approximate surface area is 181 Å². The molecule has 0 aliphatic heterocycles. The van der Waals surface area contributed by atoms with E-state index in [9.17, 15) is 18.0 Å². The third-order valence-electron chi connectivity index (χ3n) is 4.48. The van der Waals surface area contributed by atoms with Crippen molar-refractivity contribution in [3.05, 3.63) is 78.3 Å². The van der Waals surface area contributed by atoms with Crippen molar-refractivity contribution in [1.82, 2.24) is 0 Å². The number of hydrogen-bond donors (Lipinski definition) is 2. The Kier molecular flexibility index (Phi) is 6.31. The summed E-state index contributed by atoms with van der Waals surface area (Å²) in [6.07, 6.45) is 1.29. The van der Waals surface area contributed by atoms with Crippen LogP contribution in [0.5, 0.6) is 0 Å². The summed E-state index contributed by atoms with van der Waals surface area (Å²) in [6.45, 7) is 5.45. The van der Waals surface area contributed by atoms with E-state index >= 15 is 0 Å². The number of carbonyl (C=O) groups excluding carboxylic acids is 2. The fraction of sp³-hybridized carbons (Fsp3) is 0.217. The molecule has 3 rings (SSSR count). The molecular formula is C23H24N2O5S. The molecule has 0 spiro atoms. The monoisotopic (exact) mass is 440 g/mol. The molecule has 2 aromatic carbocycles. The van der Waals surface area contributed by atoms with Crippen LogP contribution in [0.1, 0.15) is 36.9 Å².